The predicted octanol–water partition coefficient (Wildman–Crippen LogP) is 6.13. The minimum atomic E-state index is -1.09. The van der Waals surface area contributed by atoms with Crippen LogP contribution in [0.25, 0.3) is 0 Å². The Kier molecular flexibility index (Phi) is 6.54. The van der Waals surface area contributed by atoms with Gasteiger partial charge in [0.2, 0.25) is 0 Å². The van der Waals surface area contributed by atoms with Gasteiger partial charge in [-0.1, -0.05) is 45.7 Å². The van der Waals surface area contributed by atoms with E-state index in [-0.39, 0.29) is 23.0 Å². The third-order valence-corrected chi connectivity index (χ3v) is 4.87. The topological polar surface area (TPSA) is 58.6 Å². The van der Waals surface area contributed by atoms with Gasteiger partial charge in [-0.2, -0.15) is 0 Å². The highest BCUT2D eigenvalue weighted by Gasteiger charge is 2.11. The fourth-order valence-corrected chi connectivity index (χ4v) is 3.20. The standard InChI is InChI=1S/C21H16BrClFNO3/c22-15-5-8-20(28-12-13-3-1-2-4-19(13)24)14(9-15)11-25-16-6-7-18(23)17(10-16)21(26)27/h1-10,25H,11-12H2,(H,26,27). The SMILES string of the molecule is O=C(O)c1cc(NCc2cc(Br)ccc2OCc2ccccc2F)ccc1Cl. The number of nitrogens with one attached hydrogen (secondary N) is 1. The van der Waals surface area contributed by atoms with Crippen molar-refractivity contribution in [3.8, 4) is 5.75 Å². The summed E-state index contributed by atoms with van der Waals surface area (Å²) in [4.78, 5) is 11.2. The number of rotatable bonds is 7. The van der Waals surface area contributed by atoms with Crippen molar-refractivity contribution in [3.63, 3.8) is 0 Å². The molecule has 0 aliphatic carbocycles. The Bertz CT molecular complexity index is 1010. The van der Waals surface area contributed by atoms with Crippen LogP contribution in [0.4, 0.5) is 10.1 Å². The zero-order chi connectivity index (χ0) is 20.1. The Balaban J connectivity index is 1.75. The lowest BCUT2D eigenvalue weighted by atomic mass is 10.1. The van der Waals surface area contributed by atoms with Gasteiger partial charge in [0, 0.05) is 27.8 Å². The lowest BCUT2D eigenvalue weighted by Crippen LogP contribution is -2.06. The highest BCUT2D eigenvalue weighted by atomic mass is 79.9. The average Bonchev–Trinajstić information content (AvgIpc) is 2.67. The summed E-state index contributed by atoms with van der Waals surface area (Å²) in [6, 6.07) is 16.7. The first kappa shape index (κ1) is 20.2. The second kappa shape index (κ2) is 9.08. The van der Waals surface area contributed by atoms with E-state index in [0.29, 0.717) is 23.5 Å². The molecule has 0 radical (unpaired) electrons. The Morgan fingerprint density at radius 1 is 1.11 bits per heavy atom. The van der Waals surface area contributed by atoms with Crippen molar-refractivity contribution in [2.45, 2.75) is 13.2 Å². The Hall–Kier alpha value is -2.57. The minimum Gasteiger partial charge on any atom is -0.488 e. The molecule has 2 N–H and O–H groups in total. The number of aromatic carboxylic acids is 1. The molecule has 3 aromatic carbocycles. The van der Waals surface area contributed by atoms with E-state index >= 15 is 0 Å². The Morgan fingerprint density at radius 3 is 2.64 bits per heavy atom. The summed E-state index contributed by atoms with van der Waals surface area (Å²) in [6.07, 6.45) is 0. The highest BCUT2D eigenvalue weighted by Crippen LogP contribution is 2.27. The monoisotopic (exact) mass is 463 g/mol. The van der Waals surface area contributed by atoms with Gasteiger partial charge >= 0.3 is 5.97 Å². The zero-order valence-corrected chi connectivity index (χ0v) is 16.9. The molecule has 0 aliphatic rings. The predicted molar refractivity (Wildman–Crippen MR) is 111 cm³/mol. The van der Waals surface area contributed by atoms with Crippen molar-refractivity contribution >= 4 is 39.2 Å². The second-order valence-electron chi connectivity index (χ2n) is 5.99. The number of carbonyl (C=O) groups is 1. The molecule has 3 aromatic rings. The van der Waals surface area contributed by atoms with E-state index in [0.717, 1.165) is 10.0 Å². The number of carboxylic acids is 1. The molecule has 0 amide bonds. The summed E-state index contributed by atoms with van der Waals surface area (Å²) in [7, 11) is 0. The third-order valence-electron chi connectivity index (χ3n) is 4.04. The smallest absolute Gasteiger partial charge is 0.337 e. The number of benzene rings is 3. The quantitative estimate of drug-likeness (QED) is 0.441. The largest absolute Gasteiger partial charge is 0.488 e. The third kappa shape index (κ3) is 5.03. The average molecular weight is 465 g/mol. The molecule has 144 valence electrons. The van der Waals surface area contributed by atoms with Gasteiger partial charge in [-0.25, -0.2) is 9.18 Å². The molecule has 4 nitrogen and oxygen atoms in total. The molecule has 0 bridgehead atoms. The molecule has 0 unspecified atom stereocenters. The van der Waals surface area contributed by atoms with E-state index in [2.05, 4.69) is 21.2 Å². The fraction of sp³-hybridized carbons (Fsp3) is 0.0952. The number of anilines is 1. The Morgan fingerprint density at radius 2 is 1.89 bits per heavy atom. The van der Waals surface area contributed by atoms with Crippen LogP contribution >= 0.6 is 27.5 Å². The first-order valence-corrected chi connectivity index (χ1v) is 9.52. The van der Waals surface area contributed by atoms with Gasteiger partial charge in [-0.3, -0.25) is 0 Å². The minimum absolute atomic E-state index is 0.0249. The molecule has 3 rings (SSSR count). The number of ether oxygens (including phenoxy) is 1. The van der Waals surface area contributed by atoms with Gasteiger partial charge in [-0.05, 0) is 42.5 Å². The Labute approximate surface area is 175 Å². The molecule has 0 aliphatic heterocycles. The summed E-state index contributed by atoms with van der Waals surface area (Å²) in [6.45, 7) is 0.484. The fourth-order valence-electron chi connectivity index (χ4n) is 2.59. The van der Waals surface area contributed by atoms with Crippen LogP contribution in [0.3, 0.4) is 0 Å². The van der Waals surface area contributed by atoms with Crippen LogP contribution < -0.4 is 10.1 Å². The van der Waals surface area contributed by atoms with E-state index in [9.17, 15) is 14.3 Å². The van der Waals surface area contributed by atoms with E-state index in [1.807, 2.05) is 12.1 Å². The van der Waals surface area contributed by atoms with Gasteiger partial charge in [0.25, 0.3) is 0 Å². The lowest BCUT2D eigenvalue weighted by Gasteiger charge is -2.14. The molecule has 7 heteroatoms. The van der Waals surface area contributed by atoms with Crippen molar-refractivity contribution in [3.05, 3.63) is 92.7 Å². The van der Waals surface area contributed by atoms with Crippen LogP contribution in [0.1, 0.15) is 21.5 Å². The van der Waals surface area contributed by atoms with E-state index in [4.69, 9.17) is 16.3 Å². The maximum absolute atomic E-state index is 13.8. The maximum atomic E-state index is 13.8. The molecule has 0 fully saturated rings. The number of halogens is 3. The maximum Gasteiger partial charge on any atom is 0.337 e. The van der Waals surface area contributed by atoms with Crippen LogP contribution in [0.2, 0.25) is 5.02 Å². The molecular weight excluding hydrogens is 449 g/mol. The molecule has 0 saturated carbocycles. The summed E-state index contributed by atoms with van der Waals surface area (Å²) >= 11 is 9.33. The highest BCUT2D eigenvalue weighted by molar-refractivity contribution is 9.10. The van der Waals surface area contributed by atoms with Crippen LogP contribution in [-0.2, 0) is 13.2 Å². The van der Waals surface area contributed by atoms with Gasteiger partial charge < -0.3 is 15.2 Å². The number of hydrogen-bond acceptors (Lipinski definition) is 3. The molecule has 0 heterocycles. The second-order valence-corrected chi connectivity index (χ2v) is 7.31. The molecule has 0 saturated heterocycles. The molecule has 28 heavy (non-hydrogen) atoms. The van der Waals surface area contributed by atoms with Crippen molar-refractivity contribution in [1.82, 2.24) is 0 Å². The van der Waals surface area contributed by atoms with Gasteiger partial charge in [-0.15, -0.1) is 0 Å². The van der Waals surface area contributed by atoms with Crippen LogP contribution in [-0.4, -0.2) is 11.1 Å². The molecule has 0 aromatic heterocycles. The van der Waals surface area contributed by atoms with Crippen LogP contribution in [0.15, 0.2) is 65.1 Å². The number of carboxylic acid groups (broad SMARTS) is 1. The molecular formula is C21H16BrClFNO3. The summed E-state index contributed by atoms with van der Waals surface area (Å²) in [5, 5.41) is 12.5. The van der Waals surface area contributed by atoms with Crippen molar-refractivity contribution < 1.29 is 19.0 Å². The van der Waals surface area contributed by atoms with Crippen LogP contribution in [0, 0.1) is 5.82 Å². The zero-order valence-electron chi connectivity index (χ0n) is 14.6. The lowest BCUT2D eigenvalue weighted by molar-refractivity contribution is 0.0697. The van der Waals surface area contributed by atoms with Crippen LogP contribution in [0.5, 0.6) is 5.75 Å². The first-order valence-electron chi connectivity index (χ1n) is 8.35. The van der Waals surface area contributed by atoms with Gasteiger partial charge in [0.05, 0.1) is 10.6 Å². The van der Waals surface area contributed by atoms with E-state index < -0.39 is 5.97 Å². The van der Waals surface area contributed by atoms with Gasteiger partial charge in [0.1, 0.15) is 18.2 Å². The van der Waals surface area contributed by atoms with E-state index in [1.54, 1.807) is 30.3 Å². The van der Waals surface area contributed by atoms with Crippen molar-refractivity contribution in [1.29, 1.82) is 0 Å². The summed E-state index contributed by atoms with van der Waals surface area (Å²) in [5.41, 5.74) is 1.93. The van der Waals surface area contributed by atoms with Crippen molar-refractivity contribution in [2.24, 2.45) is 0 Å². The number of hydrogen-bond donors (Lipinski definition) is 2. The normalized spacial score (nSPS) is 10.5. The molecule has 0 atom stereocenters. The molecule has 0 spiro atoms. The van der Waals surface area contributed by atoms with E-state index in [1.165, 1.54) is 18.2 Å². The van der Waals surface area contributed by atoms with Gasteiger partial charge in [0.15, 0.2) is 0 Å². The van der Waals surface area contributed by atoms with Crippen molar-refractivity contribution in [2.75, 3.05) is 5.32 Å². The first-order chi connectivity index (χ1) is 13.4. The summed E-state index contributed by atoms with van der Waals surface area (Å²) in [5.74, 6) is -0.807. The summed E-state index contributed by atoms with van der Waals surface area (Å²) < 4.78 is 20.5.